The molecule has 0 bridgehead atoms. The molecule has 0 radical (unpaired) electrons. The summed E-state index contributed by atoms with van der Waals surface area (Å²) < 4.78 is 0. The Hall–Kier alpha value is -0.880. The van der Waals surface area contributed by atoms with Crippen LogP contribution in [-0.2, 0) is 4.79 Å². The largest absolute Gasteiger partial charge is 0.239 e. The fourth-order valence-electron chi connectivity index (χ4n) is 2.72. The van der Waals surface area contributed by atoms with Crippen LogP contribution in [0.1, 0.15) is 33.6 Å². The summed E-state index contributed by atoms with van der Waals surface area (Å²) in [6, 6.07) is 0. The molecule has 2 aliphatic rings. The second kappa shape index (κ2) is 2.33. The first-order valence-corrected chi connectivity index (χ1v) is 4.79. The van der Waals surface area contributed by atoms with Gasteiger partial charge in [-0.15, -0.1) is 0 Å². The first-order chi connectivity index (χ1) is 6.02. The minimum atomic E-state index is 0.220. The number of rotatable bonds is 1. The van der Waals surface area contributed by atoms with Gasteiger partial charge in [-0.25, -0.2) is 4.79 Å². The van der Waals surface area contributed by atoms with Crippen LogP contribution in [0, 0.1) is 16.7 Å². The summed E-state index contributed by atoms with van der Waals surface area (Å²) in [6.45, 7) is 6.85. The molecule has 2 aliphatic carbocycles. The van der Waals surface area contributed by atoms with Crippen LogP contribution in [0.25, 0.3) is 0 Å². The molecule has 2 rings (SSSR count). The molecule has 0 aromatic heterocycles. The number of nitrogens with zero attached hydrogens (tertiary/aromatic N) is 1. The lowest BCUT2D eigenvalue weighted by atomic mass is 9.75. The lowest BCUT2D eigenvalue weighted by Crippen LogP contribution is -2.21. The Morgan fingerprint density at radius 3 is 2.69 bits per heavy atom. The molecule has 2 unspecified atom stereocenters. The Bertz CT molecular complexity index is 323. The summed E-state index contributed by atoms with van der Waals surface area (Å²) >= 11 is 0. The number of isocyanates is 1. The van der Waals surface area contributed by atoms with E-state index in [-0.39, 0.29) is 5.41 Å². The molecule has 2 atom stereocenters. The summed E-state index contributed by atoms with van der Waals surface area (Å²) in [6.07, 6.45) is 5.74. The van der Waals surface area contributed by atoms with E-state index in [9.17, 15) is 4.79 Å². The predicted octanol–water partition coefficient (Wildman–Crippen LogP) is 2.66. The lowest BCUT2D eigenvalue weighted by Gasteiger charge is -2.29. The van der Waals surface area contributed by atoms with Gasteiger partial charge in [-0.1, -0.05) is 20.8 Å². The SMILES string of the molecule is CC1(C)C(=CN=C=O)CC2CC21C. The van der Waals surface area contributed by atoms with Gasteiger partial charge in [0.15, 0.2) is 0 Å². The second-order valence-corrected chi connectivity index (χ2v) is 5.02. The molecule has 13 heavy (non-hydrogen) atoms. The van der Waals surface area contributed by atoms with E-state index in [4.69, 9.17) is 0 Å². The Morgan fingerprint density at radius 2 is 2.23 bits per heavy atom. The summed E-state index contributed by atoms with van der Waals surface area (Å²) in [7, 11) is 0. The zero-order valence-corrected chi connectivity index (χ0v) is 8.42. The molecule has 2 saturated carbocycles. The summed E-state index contributed by atoms with van der Waals surface area (Å²) in [5, 5.41) is 0. The number of hydrogen-bond acceptors (Lipinski definition) is 2. The van der Waals surface area contributed by atoms with E-state index in [1.165, 1.54) is 12.0 Å². The van der Waals surface area contributed by atoms with E-state index in [2.05, 4.69) is 25.8 Å². The standard InChI is InChI=1S/C11H15NO/c1-10(2)9(6-12-7-13)4-8-5-11(8,10)3/h6,8H,4-5H2,1-3H3. The molecule has 0 aliphatic heterocycles. The van der Waals surface area contributed by atoms with Gasteiger partial charge < -0.3 is 0 Å². The van der Waals surface area contributed by atoms with Crippen LogP contribution < -0.4 is 0 Å². The molecule has 2 fully saturated rings. The highest BCUT2D eigenvalue weighted by molar-refractivity contribution is 5.38. The first-order valence-electron chi connectivity index (χ1n) is 4.79. The van der Waals surface area contributed by atoms with Crippen molar-refractivity contribution in [3.8, 4) is 0 Å². The van der Waals surface area contributed by atoms with Crippen molar-refractivity contribution in [1.29, 1.82) is 0 Å². The molecule has 2 heteroatoms. The summed E-state index contributed by atoms with van der Waals surface area (Å²) in [5.41, 5.74) is 2.00. The van der Waals surface area contributed by atoms with Crippen molar-refractivity contribution in [3.63, 3.8) is 0 Å². The van der Waals surface area contributed by atoms with Crippen LogP contribution in [0.2, 0.25) is 0 Å². The predicted molar refractivity (Wildman–Crippen MR) is 50.8 cm³/mol. The van der Waals surface area contributed by atoms with Gasteiger partial charge in [0.25, 0.3) is 0 Å². The molecule has 70 valence electrons. The fraction of sp³-hybridized carbons (Fsp3) is 0.727. The monoisotopic (exact) mass is 177 g/mol. The molecule has 2 nitrogen and oxygen atoms in total. The molecule has 0 heterocycles. The smallest absolute Gasteiger partial charge is 0.211 e. The quantitative estimate of drug-likeness (QED) is 0.447. The van der Waals surface area contributed by atoms with Crippen molar-refractivity contribution in [2.24, 2.45) is 21.7 Å². The van der Waals surface area contributed by atoms with Crippen molar-refractivity contribution < 1.29 is 4.79 Å². The Balaban J connectivity index is 2.32. The first kappa shape index (κ1) is 8.71. The average molecular weight is 177 g/mol. The van der Waals surface area contributed by atoms with Crippen molar-refractivity contribution in [2.45, 2.75) is 33.6 Å². The van der Waals surface area contributed by atoms with Gasteiger partial charge >= 0.3 is 0 Å². The summed E-state index contributed by atoms with van der Waals surface area (Å²) in [4.78, 5) is 13.6. The minimum absolute atomic E-state index is 0.220. The molecule has 0 aromatic carbocycles. The number of aliphatic imine (C=N–C) groups is 1. The molecule has 0 spiro atoms. The molecular formula is C11H15NO. The second-order valence-electron chi connectivity index (χ2n) is 5.02. The molecule has 0 aromatic rings. The average Bonchev–Trinajstić information content (AvgIpc) is 2.67. The number of carbonyl (C=O) groups excluding carboxylic acids is 1. The zero-order valence-electron chi connectivity index (χ0n) is 8.42. The highest BCUT2D eigenvalue weighted by Crippen LogP contribution is 2.73. The number of allylic oxidation sites excluding steroid dienone is 1. The highest BCUT2D eigenvalue weighted by Gasteiger charge is 2.65. The third kappa shape index (κ3) is 0.955. The van der Waals surface area contributed by atoms with Gasteiger partial charge in [0.1, 0.15) is 0 Å². The third-order valence-electron chi connectivity index (χ3n) is 4.38. The topological polar surface area (TPSA) is 29.4 Å². The van der Waals surface area contributed by atoms with Gasteiger partial charge in [-0.05, 0) is 35.2 Å². The number of hydrogen-bond donors (Lipinski definition) is 0. The van der Waals surface area contributed by atoms with Crippen LogP contribution >= 0.6 is 0 Å². The maximum Gasteiger partial charge on any atom is 0.239 e. The van der Waals surface area contributed by atoms with E-state index in [0.717, 1.165) is 12.3 Å². The van der Waals surface area contributed by atoms with E-state index >= 15 is 0 Å². The van der Waals surface area contributed by atoms with Gasteiger partial charge in [-0.3, -0.25) is 0 Å². The van der Waals surface area contributed by atoms with Crippen LogP contribution in [-0.4, -0.2) is 6.08 Å². The van der Waals surface area contributed by atoms with Gasteiger partial charge in [0.05, 0.1) is 0 Å². The fourth-order valence-corrected chi connectivity index (χ4v) is 2.72. The lowest BCUT2D eigenvalue weighted by molar-refractivity contribution is 0.279. The maximum absolute atomic E-state index is 10.0. The summed E-state index contributed by atoms with van der Waals surface area (Å²) in [5.74, 6) is 0.829. The molecule has 0 saturated heterocycles. The molecular weight excluding hydrogens is 162 g/mol. The van der Waals surface area contributed by atoms with E-state index in [0.29, 0.717) is 5.41 Å². The van der Waals surface area contributed by atoms with Crippen molar-refractivity contribution >= 4 is 6.08 Å². The van der Waals surface area contributed by atoms with E-state index in [1.54, 1.807) is 12.3 Å². The van der Waals surface area contributed by atoms with Gasteiger partial charge in [0, 0.05) is 6.20 Å². The Morgan fingerprint density at radius 1 is 1.54 bits per heavy atom. The van der Waals surface area contributed by atoms with Gasteiger partial charge in [0.2, 0.25) is 6.08 Å². The Kier molecular flexibility index (Phi) is 1.56. The molecule has 0 N–H and O–H groups in total. The van der Waals surface area contributed by atoms with E-state index < -0.39 is 0 Å². The number of fused-ring (bicyclic) bond motifs is 1. The highest BCUT2D eigenvalue weighted by atomic mass is 16.1. The zero-order chi connectivity index (χ0) is 9.69. The third-order valence-corrected chi connectivity index (χ3v) is 4.38. The van der Waals surface area contributed by atoms with Crippen LogP contribution in [0.15, 0.2) is 16.8 Å². The maximum atomic E-state index is 10.0. The van der Waals surface area contributed by atoms with Crippen molar-refractivity contribution in [1.82, 2.24) is 0 Å². The van der Waals surface area contributed by atoms with Crippen molar-refractivity contribution in [3.05, 3.63) is 11.8 Å². The normalized spacial score (nSPS) is 42.7. The molecule has 0 amide bonds. The van der Waals surface area contributed by atoms with Crippen LogP contribution in [0.3, 0.4) is 0 Å². The Labute approximate surface area is 78.7 Å². The van der Waals surface area contributed by atoms with Crippen molar-refractivity contribution in [2.75, 3.05) is 0 Å². The minimum Gasteiger partial charge on any atom is -0.211 e. The van der Waals surface area contributed by atoms with E-state index in [1.807, 2.05) is 0 Å². The van der Waals surface area contributed by atoms with Crippen LogP contribution in [0.4, 0.5) is 0 Å². The van der Waals surface area contributed by atoms with Gasteiger partial charge in [-0.2, -0.15) is 4.99 Å². The van der Waals surface area contributed by atoms with Crippen LogP contribution in [0.5, 0.6) is 0 Å².